The van der Waals surface area contributed by atoms with Crippen LogP contribution >= 0.6 is 23.8 Å². The van der Waals surface area contributed by atoms with Crippen molar-refractivity contribution in [1.82, 2.24) is 5.32 Å². The first-order valence-corrected chi connectivity index (χ1v) is 9.40. The number of carbonyl (C=O) groups excluding carboxylic acids is 1. The molecule has 0 unspecified atom stereocenters. The van der Waals surface area contributed by atoms with Gasteiger partial charge in [-0.05, 0) is 29.4 Å². The van der Waals surface area contributed by atoms with Crippen molar-refractivity contribution in [3.05, 3.63) is 105 Å². The third-order valence-electron chi connectivity index (χ3n) is 4.18. The zero-order valence-electron chi connectivity index (χ0n) is 15.0. The van der Waals surface area contributed by atoms with Gasteiger partial charge in [0.25, 0.3) is 5.69 Å². The smallest absolute Gasteiger partial charge is 0.271 e. The lowest BCUT2D eigenvalue weighted by atomic mass is 9.90. The summed E-state index contributed by atoms with van der Waals surface area (Å²) in [7, 11) is 0. The number of nitro benzene ring substituents is 1. The summed E-state index contributed by atoms with van der Waals surface area (Å²) in [4.78, 5) is 23.3. The maximum Gasteiger partial charge on any atom is 0.271 e. The predicted octanol–water partition coefficient (Wildman–Crippen LogP) is 4.89. The van der Waals surface area contributed by atoms with Gasteiger partial charge in [0.1, 0.15) is 0 Å². The molecule has 0 aromatic heterocycles. The molecule has 3 aromatic rings. The fourth-order valence-corrected chi connectivity index (χ4v) is 3.28. The highest BCUT2D eigenvalue weighted by Crippen LogP contribution is 2.27. The van der Waals surface area contributed by atoms with Crippen LogP contribution in [0.2, 0.25) is 5.02 Å². The highest BCUT2D eigenvalue weighted by atomic mass is 35.5. The highest BCUT2D eigenvalue weighted by Gasteiger charge is 2.23. The van der Waals surface area contributed by atoms with E-state index < -0.39 is 10.8 Å². The van der Waals surface area contributed by atoms with E-state index in [1.807, 2.05) is 60.7 Å². The molecule has 146 valence electrons. The number of hydrogen-bond acceptors (Lipinski definition) is 4. The first-order valence-electron chi connectivity index (χ1n) is 8.61. The second-order valence-corrected chi connectivity index (χ2v) is 6.93. The molecule has 0 saturated carbocycles. The molecule has 3 rings (SSSR count). The first kappa shape index (κ1) is 20.4. The van der Waals surface area contributed by atoms with Crippen molar-refractivity contribution in [3.8, 4) is 0 Å². The lowest BCUT2D eigenvalue weighted by Gasteiger charge is -2.19. The van der Waals surface area contributed by atoms with E-state index in [2.05, 4.69) is 10.6 Å². The van der Waals surface area contributed by atoms with E-state index in [0.29, 0.717) is 5.69 Å². The molecule has 0 aliphatic heterocycles. The van der Waals surface area contributed by atoms with Crippen LogP contribution < -0.4 is 10.6 Å². The van der Waals surface area contributed by atoms with E-state index in [-0.39, 0.29) is 21.7 Å². The molecule has 8 heteroatoms. The van der Waals surface area contributed by atoms with Crippen molar-refractivity contribution in [2.24, 2.45) is 0 Å². The number of amides is 1. The molecule has 0 aliphatic carbocycles. The molecule has 0 saturated heterocycles. The fourth-order valence-electron chi connectivity index (χ4n) is 2.84. The number of thiocarbonyl (C=S) groups is 1. The number of benzene rings is 3. The molecule has 0 atom stereocenters. The molecule has 2 N–H and O–H groups in total. The standard InChI is InChI=1S/C21H16ClN3O3S/c22-17-13-16(25(27)28)11-12-18(17)23-21(29)24-20(26)19(14-7-3-1-4-8-14)15-9-5-2-6-10-15/h1-13,19H,(H2,23,24,26,29). The number of nitrogens with one attached hydrogen (secondary N) is 2. The van der Waals surface area contributed by atoms with Crippen molar-refractivity contribution in [1.29, 1.82) is 0 Å². The third-order valence-corrected chi connectivity index (χ3v) is 4.69. The minimum Gasteiger partial charge on any atom is -0.331 e. The predicted molar refractivity (Wildman–Crippen MR) is 117 cm³/mol. The van der Waals surface area contributed by atoms with Gasteiger partial charge in [0.15, 0.2) is 5.11 Å². The quantitative estimate of drug-likeness (QED) is 0.345. The van der Waals surface area contributed by atoms with Gasteiger partial charge in [0.05, 0.1) is 21.6 Å². The van der Waals surface area contributed by atoms with Crippen molar-refractivity contribution < 1.29 is 9.72 Å². The summed E-state index contributed by atoms with van der Waals surface area (Å²) in [5.74, 6) is -0.859. The lowest BCUT2D eigenvalue weighted by molar-refractivity contribution is -0.384. The largest absolute Gasteiger partial charge is 0.331 e. The maximum atomic E-state index is 13.0. The van der Waals surface area contributed by atoms with Crippen molar-refractivity contribution in [2.45, 2.75) is 5.92 Å². The van der Waals surface area contributed by atoms with Gasteiger partial charge < -0.3 is 10.6 Å². The number of hydrogen-bond donors (Lipinski definition) is 2. The topological polar surface area (TPSA) is 84.3 Å². The Morgan fingerprint density at radius 3 is 2.00 bits per heavy atom. The van der Waals surface area contributed by atoms with E-state index in [4.69, 9.17) is 23.8 Å². The van der Waals surface area contributed by atoms with Gasteiger partial charge in [-0.25, -0.2) is 0 Å². The molecule has 0 aliphatic rings. The van der Waals surface area contributed by atoms with Crippen LogP contribution in [0.15, 0.2) is 78.9 Å². The Balaban J connectivity index is 1.78. The summed E-state index contributed by atoms with van der Waals surface area (Å²) in [5.41, 5.74) is 1.88. The number of rotatable bonds is 5. The summed E-state index contributed by atoms with van der Waals surface area (Å²) >= 11 is 11.3. The fraction of sp³-hybridized carbons (Fsp3) is 0.0476. The molecule has 0 spiro atoms. The van der Waals surface area contributed by atoms with Gasteiger partial charge >= 0.3 is 0 Å². The highest BCUT2D eigenvalue weighted by molar-refractivity contribution is 7.80. The number of carbonyl (C=O) groups is 1. The van der Waals surface area contributed by atoms with Crippen LogP contribution in [0.25, 0.3) is 0 Å². The average molecular weight is 426 g/mol. The lowest BCUT2D eigenvalue weighted by Crippen LogP contribution is -2.38. The van der Waals surface area contributed by atoms with Crippen LogP contribution in [0.4, 0.5) is 11.4 Å². The Morgan fingerprint density at radius 2 is 1.52 bits per heavy atom. The maximum absolute atomic E-state index is 13.0. The van der Waals surface area contributed by atoms with E-state index in [9.17, 15) is 14.9 Å². The number of halogens is 1. The Labute approximate surface area is 177 Å². The van der Waals surface area contributed by atoms with Crippen LogP contribution in [0, 0.1) is 10.1 Å². The van der Waals surface area contributed by atoms with Gasteiger partial charge in [-0.15, -0.1) is 0 Å². The zero-order valence-corrected chi connectivity index (χ0v) is 16.6. The van der Waals surface area contributed by atoms with E-state index in [0.717, 1.165) is 11.1 Å². The summed E-state index contributed by atoms with van der Waals surface area (Å²) in [5, 5.41) is 16.5. The third kappa shape index (κ3) is 5.16. The van der Waals surface area contributed by atoms with E-state index in [1.165, 1.54) is 18.2 Å². The molecule has 1 amide bonds. The van der Waals surface area contributed by atoms with Crippen molar-refractivity contribution >= 4 is 46.2 Å². The summed E-state index contributed by atoms with van der Waals surface area (Å²) < 4.78 is 0. The average Bonchev–Trinajstić information content (AvgIpc) is 2.71. The van der Waals surface area contributed by atoms with Crippen LogP contribution in [0.3, 0.4) is 0 Å². The molecule has 6 nitrogen and oxygen atoms in total. The normalized spacial score (nSPS) is 10.4. The van der Waals surface area contributed by atoms with Gasteiger partial charge in [-0.2, -0.15) is 0 Å². The van der Waals surface area contributed by atoms with Crippen molar-refractivity contribution in [2.75, 3.05) is 5.32 Å². The molecule has 0 fully saturated rings. The Hall–Kier alpha value is -3.29. The molecule has 0 heterocycles. The summed E-state index contributed by atoms with van der Waals surface area (Å²) in [6.45, 7) is 0. The Kier molecular flexibility index (Phi) is 6.54. The second-order valence-electron chi connectivity index (χ2n) is 6.12. The van der Waals surface area contributed by atoms with E-state index >= 15 is 0 Å². The Morgan fingerprint density at radius 1 is 0.966 bits per heavy atom. The molecular weight excluding hydrogens is 410 g/mol. The molecule has 0 radical (unpaired) electrons. The van der Waals surface area contributed by atoms with E-state index in [1.54, 1.807) is 0 Å². The van der Waals surface area contributed by atoms with Gasteiger partial charge in [-0.3, -0.25) is 14.9 Å². The minimum atomic E-state index is -0.551. The zero-order chi connectivity index (χ0) is 20.8. The number of nitro groups is 1. The van der Waals surface area contributed by atoms with Crippen LogP contribution in [-0.4, -0.2) is 15.9 Å². The van der Waals surface area contributed by atoms with Crippen LogP contribution in [0.1, 0.15) is 17.0 Å². The SMILES string of the molecule is O=C(NC(=S)Nc1ccc([N+](=O)[O-])cc1Cl)C(c1ccccc1)c1ccccc1. The van der Waals surface area contributed by atoms with Gasteiger partial charge in [0, 0.05) is 12.1 Å². The first-order chi connectivity index (χ1) is 14.0. The number of non-ortho nitro benzene ring substituents is 1. The molecule has 3 aromatic carbocycles. The van der Waals surface area contributed by atoms with Crippen molar-refractivity contribution in [3.63, 3.8) is 0 Å². The molecule has 0 bridgehead atoms. The summed E-state index contributed by atoms with van der Waals surface area (Å²) in [6, 6.07) is 22.7. The van der Waals surface area contributed by atoms with Gasteiger partial charge in [-0.1, -0.05) is 72.3 Å². The Bertz CT molecular complexity index is 1010. The minimum absolute atomic E-state index is 0.0441. The number of nitrogens with zero attached hydrogens (tertiary/aromatic N) is 1. The second kappa shape index (κ2) is 9.27. The number of anilines is 1. The monoisotopic (exact) mass is 425 g/mol. The van der Waals surface area contributed by atoms with Crippen LogP contribution in [-0.2, 0) is 4.79 Å². The summed E-state index contributed by atoms with van der Waals surface area (Å²) in [6.07, 6.45) is 0. The molecular formula is C21H16ClN3O3S. The van der Waals surface area contributed by atoms with Gasteiger partial charge in [0.2, 0.25) is 5.91 Å². The van der Waals surface area contributed by atoms with Crippen LogP contribution in [0.5, 0.6) is 0 Å². The molecule has 29 heavy (non-hydrogen) atoms.